The highest BCUT2D eigenvalue weighted by atomic mass is 16.7. The van der Waals surface area contributed by atoms with Crippen LogP contribution in [0.25, 0.3) is 0 Å². The zero-order valence-corrected chi connectivity index (χ0v) is 23.4. The predicted molar refractivity (Wildman–Crippen MR) is 142 cm³/mol. The van der Waals surface area contributed by atoms with Crippen molar-refractivity contribution in [3.05, 3.63) is 48.0 Å². The Labute approximate surface area is 242 Å². The summed E-state index contributed by atoms with van der Waals surface area (Å²) in [6.45, 7) is -1.00. The van der Waals surface area contributed by atoms with Gasteiger partial charge >= 0.3 is 0 Å². The van der Waals surface area contributed by atoms with Gasteiger partial charge in [-0.25, -0.2) is 0 Å². The van der Waals surface area contributed by atoms with Gasteiger partial charge in [0.05, 0.1) is 34.0 Å². The molecular weight excluding hydrogens is 560 g/mol. The minimum atomic E-state index is -1.55. The molecule has 0 amide bonds. The van der Waals surface area contributed by atoms with E-state index in [-0.39, 0.29) is 24.7 Å². The molecular formula is C28H38O14. The molecule has 0 bridgehead atoms. The van der Waals surface area contributed by atoms with Crippen LogP contribution in [0, 0.1) is 0 Å². The lowest BCUT2D eigenvalue weighted by atomic mass is 10.0. The van der Waals surface area contributed by atoms with Crippen LogP contribution in [-0.2, 0) is 23.7 Å². The maximum absolute atomic E-state index is 10.7. The molecule has 42 heavy (non-hydrogen) atoms. The highest BCUT2D eigenvalue weighted by Gasteiger charge is 2.49. The van der Waals surface area contributed by atoms with E-state index in [4.69, 9.17) is 37.9 Å². The summed E-state index contributed by atoms with van der Waals surface area (Å²) in [5.74, 6) is 0.794. The Kier molecular flexibility index (Phi) is 11.2. The van der Waals surface area contributed by atoms with E-state index in [0.717, 1.165) is 0 Å². The van der Waals surface area contributed by atoms with Crippen molar-refractivity contribution in [2.75, 3.05) is 41.2 Å². The molecule has 2 aromatic carbocycles. The lowest BCUT2D eigenvalue weighted by Gasteiger charge is -2.38. The number of hydrogen-bond donors (Lipinski definition) is 6. The zero-order chi connectivity index (χ0) is 30.4. The molecule has 0 aliphatic carbocycles. The molecule has 4 rings (SSSR count). The number of phenols is 1. The third-order valence-corrected chi connectivity index (χ3v) is 7.11. The number of ether oxygens (including phenoxy) is 8. The molecule has 0 radical (unpaired) electrons. The van der Waals surface area contributed by atoms with Crippen LogP contribution in [0.1, 0.15) is 11.7 Å². The Morgan fingerprint density at radius 3 is 2.26 bits per heavy atom. The number of methoxy groups -OCH3 is 3. The van der Waals surface area contributed by atoms with Gasteiger partial charge in [0, 0.05) is 7.11 Å². The van der Waals surface area contributed by atoms with E-state index in [9.17, 15) is 30.6 Å². The molecule has 2 heterocycles. The fraction of sp³-hybridized carbons (Fsp3) is 0.571. The minimum Gasteiger partial charge on any atom is -0.504 e. The normalized spacial score (nSPS) is 31.0. The average molecular weight is 599 g/mol. The number of aliphatic hydroxyl groups excluding tert-OH is 5. The van der Waals surface area contributed by atoms with Gasteiger partial charge in [-0.1, -0.05) is 18.2 Å². The lowest BCUT2D eigenvalue weighted by Crippen LogP contribution is -2.56. The molecule has 2 saturated heterocycles. The van der Waals surface area contributed by atoms with Gasteiger partial charge < -0.3 is 68.5 Å². The van der Waals surface area contributed by atoms with Crippen LogP contribution < -0.4 is 14.2 Å². The van der Waals surface area contributed by atoms with Crippen molar-refractivity contribution in [2.24, 2.45) is 0 Å². The highest BCUT2D eigenvalue weighted by Crippen LogP contribution is 2.36. The number of rotatable bonds is 13. The van der Waals surface area contributed by atoms with Crippen LogP contribution in [0.2, 0.25) is 0 Å². The monoisotopic (exact) mass is 598 g/mol. The number of benzene rings is 2. The second-order valence-corrected chi connectivity index (χ2v) is 9.80. The molecule has 2 aromatic rings. The topological polar surface area (TPSA) is 195 Å². The van der Waals surface area contributed by atoms with Crippen molar-refractivity contribution in [2.45, 2.75) is 61.4 Å². The first kappa shape index (κ1) is 32.2. The molecule has 10 atom stereocenters. The van der Waals surface area contributed by atoms with E-state index < -0.39 is 68.0 Å². The van der Waals surface area contributed by atoms with Crippen LogP contribution in [-0.4, -0.2) is 127 Å². The van der Waals surface area contributed by atoms with E-state index >= 15 is 0 Å². The van der Waals surface area contributed by atoms with Gasteiger partial charge in [-0.15, -0.1) is 0 Å². The molecule has 0 spiro atoms. The maximum atomic E-state index is 10.7. The average Bonchev–Trinajstić information content (AvgIpc) is 3.27. The van der Waals surface area contributed by atoms with E-state index in [1.54, 1.807) is 30.3 Å². The minimum absolute atomic E-state index is 0.114. The third-order valence-electron chi connectivity index (χ3n) is 7.11. The Bertz CT molecular complexity index is 1130. The molecule has 2 fully saturated rings. The fourth-order valence-electron chi connectivity index (χ4n) is 4.83. The van der Waals surface area contributed by atoms with E-state index in [1.807, 2.05) is 0 Å². The molecule has 14 heteroatoms. The quantitative estimate of drug-likeness (QED) is 0.172. The molecule has 0 saturated carbocycles. The Morgan fingerprint density at radius 1 is 0.881 bits per heavy atom. The molecule has 2 aliphatic rings. The number of aliphatic hydroxyl groups is 5. The first-order valence-corrected chi connectivity index (χ1v) is 13.3. The second kappa shape index (κ2) is 14.6. The standard InChI is InChI=1S/C28H38O14/c1-35-17-6-4-5-7-18(17)40-20(11-29)25(14-8-9-15(30)19(10-14)36-2)38-13-21-22(32)23(33)28(41-21)42-26-16(31)12-39-27(37-3)24(26)34/h4-10,16,20-34H,11-13H2,1-3H3/t16-,20-,21+,22+,23-,24-,25-,26+,27-,28+/m1/s1. The van der Waals surface area contributed by atoms with Crippen LogP contribution in [0.4, 0.5) is 0 Å². The van der Waals surface area contributed by atoms with Crippen molar-refractivity contribution in [1.29, 1.82) is 0 Å². The molecule has 14 nitrogen and oxygen atoms in total. The van der Waals surface area contributed by atoms with Gasteiger partial charge in [0.1, 0.15) is 42.7 Å². The number of hydrogen-bond acceptors (Lipinski definition) is 14. The maximum Gasteiger partial charge on any atom is 0.187 e. The highest BCUT2D eigenvalue weighted by molar-refractivity contribution is 5.43. The molecule has 0 unspecified atom stereocenters. The molecule has 6 N–H and O–H groups in total. The van der Waals surface area contributed by atoms with Crippen molar-refractivity contribution in [3.8, 4) is 23.0 Å². The predicted octanol–water partition coefficient (Wildman–Crippen LogP) is -0.537. The SMILES string of the molecule is COc1cc([C@@H](OC[C@@H]2O[C@@H](O[C@@H]3[C@@H](O)[C@H](OC)OC[C@H]3O)[C@H](O)[C@H]2O)[C@@H](CO)Oc2ccccc2OC)ccc1O. The fourth-order valence-corrected chi connectivity index (χ4v) is 4.83. The van der Waals surface area contributed by atoms with Crippen molar-refractivity contribution in [1.82, 2.24) is 0 Å². The van der Waals surface area contributed by atoms with Crippen LogP contribution in [0.15, 0.2) is 42.5 Å². The molecule has 234 valence electrons. The zero-order valence-electron chi connectivity index (χ0n) is 23.4. The number of phenolic OH excluding ortho intramolecular Hbond substituents is 1. The van der Waals surface area contributed by atoms with E-state index in [0.29, 0.717) is 17.1 Å². The van der Waals surface area contributed by atoms with Gasteiger partial charge in [0.15, 0.2) is 41.7 Å². The van der Waals surface area contributed by atoms with Crippen LogP contribution in [0.5, 0.6) is 23.0 Å². The Morgan fingerprint density at radius 2 is 1.60 bits per heavy atom. The van der Waals surface area contributed by atoms with Crippen molar-refractivity contribution < 1.29 is 68.5 Å². The Hall–Kier alpha value is -2.76. The smallest absolute Gasteiger partial charge is 0.187 e. The van der Waals surface area contributed by atoms with Gasteiger partial charge in [-0.05, 0) is 29.8 Å². The first-order valence-electron chi connectivity index (χ1n) is 13.3. The van der Waals surface area contributed by atoms with Gasteiger partial charge in [0.25, 0.3) is 0 Å². The summed E-state index contributed by atoms with van der Waals surface area (Å²) >= 11 is 0. The Balaban J connectivity index is 1.52. The number of para-hydroxylation sites is 2. The largest absolute Gasteiger partial charge is 0.504 e. The summed E-state index contributed by atoms with van der Waals surface area (Å²) in [7, 11) is 4.18. The van der Waals surface area contributed by atoms with Gasteiger partial charge in [0.2, 0.25) is 0 Å². The van der Waals surface area contributed by atoms with Crippen LogP contribution >= 0.6 is 0 Å². The van der Waals surface area contributed by atoms with Crippen molar-refractivity contribution >= 4 is 0 Å². The van der Waals surface area contributed by atoms with Crippen molar-refractivity contribution in [3.63, 3.8) is 0 Å². The third kappa shape index (κ3) is 7.06. The second-order valence-electron chi connectivity index (χ2n) is 9.80. The summed E-state index contributed by atoms with van der Waals surface area (Å²) in [6, 6.07) is 11.3. The summed E-state index contributed by atoms with van der Waals surface area (Å²) in [6.07, 6.45) is -12.5. The van der Waals surface area contributed by atoms with E-state index in [1.165, 1.54) is 33.5 Å². The molecule has 0 aromatic heterocycles. The molecule has 2 aliphatic heterocycles. The summed E-state index contributed by atoms with van der Waals surface area (Å²) < 4.78 is 44.4. The van der Waals surface area contributed by atoms with Gasteiger partial charge in [-0.2, -0.15) is 0 Å². The summed E-state index contributed by atoms with van der Waals surface area (Å²) in [5, 5.41) is 62.5. The van der Waals surface area contributed by atoms with Crippen LogP contribution in [0.3, 0.4) is 0 Å². The van der Waals surface area contributed by atoms with Gasteiger partial charge in [-0.3, -0.25) is 0 Å². The number of aromatic hydroxyl groups is 1. The summed E-state index contributed by atoms with van der Waals surface area (Å²) in [5.41, 5.74) is 0.457. The summed E-state index contributed by atoms with van der Waals surface area (Å²) in [4.78, 5) is 0. The lowest BCUT2D eigenvalue weighted by molar-refractivity contribution is -0.304. The van der Waals surface area contributed by atoms with E-state index in [2.05, 4.69) is 0 Å². The first-order chi connectivity index (χ1) is 20.2.